The molecule has 29 heavy (non-hydrogen) atoms. The van der Waals surface area contributed by atoms with E-state index in [0.29, 0.717) is 6.54 Å². The third-order valence-electron chi connectivity index (χ3n) is 4.91. The van der Waals surface area contributed by atoms with Crippen LogP contribution in [0.5, 0.6) is 0 Å². The molecular weight excluding hydrogens is 380 g/mol. The van der Waals surface area contributed by atoms with Crippen LogP contribution in [0.15, 0.2) is 65.6 Å². The van der Waals surface area contributed by atoms with E-state index in [0.717, 1.165) is 31.8 Å². The summed E-state index contributed by atoms with van der Waals surface area (Å²) in [6, 6.07) is 21.2. The number of benzene rings is 2. The van der Waals surface area contributed by atoms with Crippen molar-refractivity contribution < 1.29 is 9.53 Å². The SMILES string of the molecule is CC(C)(C)OC(=O)N1CCN(Cc2ccccc2)CC1CCSc1ccccc1. The van der Waals surface area contributed by atoms with Crippen LogP contribution < -0.4 is 0 Å². The zero-order valence-electron chi connectivity index (χ0n) is 17.7. The number of amides is 1. The minimum atomic E-state index is -0.471. The van der Waals surface area contributed by atoms with Gasteiger partial charge in [0, 0.05) is 42.9 Å². The molecule has 1 aliphatic heterocycles. The molecule has 0 spiro atoms. The van der Waals surface area contributed by atoms with Gasteiger partial charge in [0.25, 0.3) is 0 Å². The molecule has 0 aromatic heterocycles. The largest absolute Gasteiger partial charge is 0.444 e. The monoisotopic (exact) mass is 412 g/mol. The first-order valence-corrected chi connectivity index (χ1v) is 11.3. The van der Waals surface area contributed by atoms with Crippen LogP contribution in [-0.2, 0) is 11.3 Å². The summed E-state index contributed by atoms with van der Waals surface area (Å²) in [5, 5.41) is 0. The highest BCUT2D eigenvalue weighted by molar-refractivity contribution is 7.99. The van der Waals surface area contributed by atoms with E-state index < -0.39 is 5.60 Å². The molecule has 5 heteroatoms. The van der Waals surface area contributed by atoms with Crippen LogP contribution in [0.3, 0.4) is 0 Å². The fraction of sp³-hybridized carbons (Fsp3) is 0.458. The van der Waals surface area contributed by atoms with Gasteiger partial charge in [-0.1, -0.05) is 48.5 Å². The van der Waals surface area contributed by atoms with Crippen LogP contribution in [0, 0.1) is 0 Å². The van der Waals surface area contributed by atoms with Crippen LogP contribution in [0.4, 0.5) is 4.79 Å². The van der Waals surface area contributed by atoms with E-state index in [1.54, 1.807) is 0 Å². The van der Waals surface area contributed by atoms with Crippen LogP contribution in [-0.4, -0.2) is 52.9 Å². The minimum absolute atomic E-state index is 0.165. The first-order valence-electron chi connectivity index (χ1n) is 10.3. The van der Waals surface area contributed by atoms with Gasteiger partial charge in [0.2, 0.25) is 0 Å². The highest BCUT2D eigenvalue weighted by Gasteiger charge is 2.33. The van der Waals surface area contributed by atoms with Crippen molar-refractivity contribution in [3.63, 3.8) is 0 Å². The smallest absolute Gasteiger partial charge is 0.410 e. The number of hydrogen-bond acceptors (Lipinski definition) is 4. The van der Waals surface area contributed by atoms with E-state index in [1.165, 1.54) is 10.5 Å². The molecule has 0 bridgehead atoms. The maximum absolute atomic E-state index is 12.8. The number of rotatable bonds is 6. The molecule has 2 aromatic carbocycles. The van der Waals surface area contributed by atoms with Crippen molar-refractivity contribution in [3.8, 4) is 0 Å². The molecule has 0 saturated carbocycles. The van der Waals surface area contributed by atoms with Gasteiger partial charge >= 0.3 is 6.09 Å². The average Bonchev–Trinajstić information content (AvgIpc) is 2.68. The van der Waals surface area contributed by atoms with E-state index in [2.05, 4.69) is 53.4 Å². The van der Waals surface area contributed by atoms with Crippen LogP contribution in [0.2, 0.25) is 0 Å². The average molecular weight is 413 g/mol. The third kappa shape index (κ3) is 7.09. The molecule has 1 heterocycles. The topological polar surface area (TPSA) is 32.8 Å². The molecule has 3 rings (SSSR count). The second-order valence-corrected chi connectivity index (χ2v) is 9.67. The van der Waals surface area contributed by atoms with Gasteiger partial charge in [-0.15, -0.1) is 11.8 Å². The maximum atomic E-state index is 12.8. The Hall–Kier alpha value is -1.98. The number of piperazine rings is 1. The molecule has 1 saturated heterocycles. The van der Waals surface area contributed by atoms with E-state index >= 15 is 0 Å². The molecule has 4 nitrogen and oxygen atoms in total. The van der Waals surface area contributed by atoms with Gasteiger partial charge in [0.1, 0.15) is 5.60 Å². The lowest BCUT2D eigenvalue weighted by Crippen LogP contribution is -2.56. The molecule has 156 valence electrons. The summed E-state index contributed by atoms with van der Waals surface area (Å²) >= 11 is 1.85. The van der Waals surface area contributed by atoms with Crippen molar-refractivity contribution in [3.05, 3.63) is 66.2 Å². The van der Waals surface area contributed by atoms with Crippen molar-refractivity contribution in [2.24, 2.45) is 0 Å². The summed E-state index contributed by atoms with van der Waals surface area (Å²) in [4.78, 5) is 18.5. The van der Waals surface area contributed by atoms with E-state index in [1.807, 2.05) is 49.6 Å². The van der Waals surface area contributed by atoms with Gasteiger partial charge in [-0.3, -0.25) is 4.90 Å². The molecule has 0 N–H and O–H groups in total. The molecule has 1 atom stereocenters. The number of hydrogen-bond donors (Lipinski definition) is 0. The lowest BCUT2D eigenvalue weighted by atomic mass is 10.1. The Morgan fingerprint density at radius 2 is 1.69 bits per heavy atom. The van der Waals surface area contributed by atoms with Gasteiger partial charge in [0.15, 0.2) is 0 Å². The predicted molar refractivity (Wildman–Crippen MR) is 120 cm³/mol. The van der Waals surface area contributed by atoms with E-state index in [4.69, 9.17) is 4.74 Å². The van der Waals surface area contributed by atoms with Crippen LogP contribution in [0.25, 0.3) is 0 Å². The first kappa shape index (κ1) is 21.7. The molecule has 2 aromatic rings. The highest BCUT2D eigenvalue weighted by atomic mass is 32.2. The summed E-state index contributed by atoms with van der Waals surface area (Å²) in [5.41, 5.74) is 0.845. The summed E-state index contributed by atoms with van der Waals surface area (Å²) in [7, 11) is 0. The quantitative estimate of drug-likeness (QED) is 0.604. The summed E-state index contributed by atoms with van der Waals surface area (Å²) < 4.78 is 5.69. The van der Waals surface area contributed by atoms with Crippen molar-refractivity contribution >= 4 is 17.9 Å². The van der Waals surface area contributed by atoms with Gasteiger partial charge in [-0.2, -0.15) is 0 Å². The number of carbonyl (C=O) groups is 1. The van der Waals surface area contributed by atoms with Crippen molar-refractivity contribution in [2.45, 2.75) is 50.3 Å². The fourth-order valence-corrected chi connectivity index (χ4v) is 4.52. The Kier molecular flexibility index (Phi) is 7.62. The van der Waals surface area contributed by atoms with Gasteiger partial charge < -0.3 is 9.64 Å². The van der Waals surface area contributed by atoms with Gasteiger partial charge in [-0.05, 0) is 44.9 Å². The maximum Gasteiger partial charge on any atom is 0.410 e. The zero-order valence-corrected chi connectivity index (χ0v) is 18.5. The first-order chi connectivity index (χ1) is 13.9. The lowest BCUT2D eigenvalue weighted by molar-refractivity contribution is -0.00281. The Labute approximate surface area is 179 Å². The molecule has 1 aliphatic rings. The normalized spacial score (nSPS) is 17.9. The molecule has 1 fully saturated rings. The van der Waals surface area contributed by atoms with Gasteiger partial charge in [-0.25, -0.2) is 4.79 Å². The molecule has 0 radical (unpaired) electrons. The zero-order chi connectivity index (χ0) is 20.7. The Bertz CT molecular complexity index is 761. The summed E-state index contributed by atoms with van der Waals surface area (Å²) in [6.45, 7) is 9.16. The molecular formula is C24H32N2O2S. The van der Waals surface area contributed by atoms with Gasteiger partial charge in [0.05, 0.1) is 0 Å². The Morgan fingerprint density at radius 3 is 2.34 bits per heavy atom. The third-order valence-corrected chi connectivity index (χ3v) is 5.95. The number of carbonyl (C=O) groups excluding carboxylic acids is 1. The van der Waals surface area contributed by atoms with Crippen molar-refractivity contribution in [1.82, 2.24) is 9.80 Å². The van der Waals surface area contributed by atoms with Crippen molar-refractivity contribution in [2.75, 3.05) is 25.4 Å². The number of thioether (sulfide) groups is 1. The highest BCUT2D eigenvalue weighted by Crippen LogP contribution is 2.23. The summed E-state index contributed by atoms with van der Waals surface area (Å²) in [5.74, 6) is 0.979. The standard InChI is InChI=1S/C24H32N2O2S/c1-24(2,3)28-23(27)26-16-15-25(18-20-10-6-4-7-11-20)19-21(26)14-17-29-22-12-8-5-9-13-22/h4-13,21H,14-19H2,1-3H3. The second kappa shape index (κ2) is 10.2. The lowest BCUT2D eigenvalue weighted by Gasteiger charge is -2.42. The number of nitrogens with zero attached hydrogens (tertiary/aromatic N) is 2. The minimum Gasteiger partial charge on any atom is -0.444 e. The molecule has 1 unspecified atom stereocenters. The van der Waals surface area contributed by atoms with Crippen LogP contribution >= 0.6 is 11.8 Å². The Morgan fingerprint density at radius 1 is 1.03 bits per heavy atom. The van der Waals surface area contributed by atoms with Crippen LogP contribution in [0.1, 0.15) is 32.8 Å². The van der Waals surface area contributed by atoms with E-state index in [9.17, 15) is 4.79 Å². The molecule has 1 amide bonds. The van der Waals surface area contributed by atoms with Crippen molar-refractivity contribution in [1.29, 1.82) is 0 Å². The summed E-state index contributed by atoms with van der Waals surface area (Å²) in [6.07, 6.45) is 0.760. The second-order valence-electron chi connectivity index (χ2n) is 8.50. The molecule has 0 aliphatic carbocycles. The Balaban J connectivity index is 1.62. The predicted octanol–water partition coefficient (Wildman–Crippen LogP) is 5.29. The fourth-order valence-electron chi connectivity index (χ4n) is 3.54. The van der Waals surface area contributed by atoms with E-state index in [-0.39, 0.29) is 12.1 Å². The number of ether oxygens (including phenoxy) is 1.